The fraction of sp³-hybridized carbons (Fsp3) is 0.176. The van der Waals surface area contributed by atoms with Crippen LogP contribution in [0.2, 0.25) is 10.2 Å². The van der Waals surface area contributed by atoms with Gasteiger partial charge in [0.15, 0.2) is 0 Å². The SMILES string of the molecule is Cc1nn(-c2ccccc2Cl)c(Cl)c1CNCc1cccnc1. The summed E-state index contributed by atoms with van der Waals surface area (Å²) < 4.78 is 1.68. The summed E-state index contributed by atoms with van der Waals surface area (Å²) in [7, 11) is 0. The van der Waals surface area contributed by atoms with Crippen molar-refractivity contribution >= 4 is 23.2 Å². The Labute approximate surface area is 145 Å². The molecule has 1 aromatic carbocycles. The van der Waals surface area contributed by atoms with Crippen LogP contribution in [-0.2, 0) is 13.1 Å². The molecule has 6 heteroatoms. The van der Waals surface area contributed by atoms with E-state index in [0.717, 1.165) is 29.1 Å². The highest BCUT2D eigenvalue weighted by Crippen LogP contribution is 2.27. The lowest BCUT2D eigenvalue weighted by atomic mass is 10.2. The highest BCUT2D eigenvalue weighted by atomic mass is 35.5. The van der Waals surface area contributed by atoms with Crippen molar-refractivity contribution in [2.45, 2.75) is 20.0 Å². The molecule has 0 saturated carbocycles. The summed E-state index contributed by atoms with van der Waals surface area (Å²) in [5.41, 5.74) is 3.75. The Hall–Kier alpha value is -1.88. The predicted octanol–water partition coefficient (Wildman–Crippen LogP) is 4.17. The topological polar surface area (TPSA) is 42.7 Å². The number of pyridine rings is 1. The van der Waals surface area contributed by atoms with Crippen LogP contribution in [0.25, 0.3) is 5.69 Å². The molecule has 0 aliphatic heterocycles. The minimum Gasteiger partial charge on any atom is -0.308 e. The first kappa shape index (κ1) is 16.0. The van der Waals surface area contributed by atoms with Gasteiger partial charge in [0.2, 0.25) is 0 Å². The van der Waals surface area contributed by atoms with Crippen molar-refractivity contribution in [1.29, 1.82) is 0 Å². The van der Waals surface area contributed by atoms with E-state index >= 15 is 0 Å². The summed E-state index contributed by atoms with van der Waals surface area (Å²) in [4.78, 5) is 4.10. The third-order valence-electron chi connectivity index (χ3n) is 3.56. The van der Waals surface area contributed by atoms with E-state index in [1.165, 1.54) is 0 Å². The van der Waals surface area contributed by atoms with Crippen LogP contribution in [0.5, 0.6) is 0 Å². The molecule has 0 fully saturated rings. The predicted molar refractivity (Wildman–Crippen MR) is 93.1 cm³/mol. The molecule has 118 valence electrons. The molecule has 0 spiro atoms. The molecule has 2 aromatic heterocycles. The highest BCUT2D eigenvalue weighted by molar-refractivity contribution is 6.33. The Morgan fingerprint density at radius 1 is 1.09 bits per heavy atom. The molecule has 3 aromatic rings. The summed E-state index contributed by atoms with van der Waals surface area (Å²) in [6.45, 7) is 3.30. The van der Waals surface area contributed by atoms with Gasteiger partial charge in [0, 0.05) is 31.0 Å². The van der Waals surface area contributed by atoms with E-state index in [9.17, 15) is 0 Å². The first-order valence-electron chi connectivity index (χ1n) is 7.25. The minimum atomic E-state index is 0.578. The van der Waals surface area contributed by atoms with Gasteiger partial charge in [-0.05, 0) is 30.7 Å². The van der Waals surface area contributed by atoms with E-state index in [2.05, 4.69) is 15.4 Å². The lowest BCUT2D eigenvalue weighted by molar-refractivity contribution is 0.689. The number of halogens is 2. The molecule has 23 heavy (non-hydrogen) atoms. The maximum Gasteiger partial charge on any atom is 0.137 e. The molecule has 0 aliphatic carbocycles. The van der Waals surface area contributed by atoms with Crippen molar-refractivity contribution in [2.75, 3.05) is 0 Å². The summed E-state index contributed by atoms with van der Waals surface area (Å²) in [5.74, 6) is 0. The number of nitrogens with zero attached hydrogens (tertiary/aromatic N) is 3. The van der Waals surface area contributed by atoms with E-state index in [1.807, 2.05) is 49.5 Å². The van der Waals surface area contributed by atoms with Crippen LogP contribution in [-0.4, -0.2) is 14.8 Å². The number of hydrogen-bond donors (Lipinski definition) is 1. The molecule has 0 unspecified atom stereocenters. The number of nitrogens with one attached hydrogen (secondary N) is 1. The van der Waals surface area contributed by atoms with Crippen LogP contribution in [0, 0.1) is 6.92 Å². The monoisotopic (exact) mass is 346 g/mol. The summed E-state index contributed by atoms with van der Waals surface area (Å²) in [5, 5.41) is 9.08. The zero-order valence-corrected chi connectivity index (χ0v) is 14.1. The molecule has 0 atom stereocenters. The number of hydrogen-bond acceptors (Lipinski definition) is 3. The largest absolute Gasteiger partial charge is 0.308 e. The Morgan fingerprint density at radius 2 is 1.91 bits per heavy atom. The maximum absolute atomic E-state index is 6.51. The van der Waals surface area contributed by atoms with E-state index < -0.39 is 0 Å². The Bertz CT molecular complexity index is 800. The van der Waals surface area contributed by atoms with Gasteiger partial charge < -0.3 is 5.32 Å². The average molecular weight is 347 g/mol. The van der Waals surface area contributed by atoms with Gasteiger partial charge in [0.25, 0.3) is 0 Å². The maximum atomic E-state index is 6.51. The van der Waals surface area contributed by atoms with Gasteiger partial charge in [0.05, 0.1) is 16.4 Å². The zero-order valence-electron chi connectivity index (χ0n) is 12.6. The third-order valence-corrected chi connectivity index (χ3v) is 4.26. The van der Waals surface area contributed by atoms with Crippen LogP contribution in [0.1, 0.15) is 16.8 Å². The van der Waals surface area contributed by atoms with Crippen LogP contribution >= 0.6 is 23.2 Å². The van der Waals surface area contributed by atoms with Crippen LogP contribution in [0.3, 0.4) is 0 Å². The Morgan fingerprint density at radius 3 is 2.65 bits per heavy atom. The molecule has 0 bridgehead atoms. The fourth-order valence-electron chi connectivity index (χ4n) is 2.35. The second kappa shape index (κ2) is 7.13. The second-order valence-corrected chi connectivity index (χ2v) is 5.95. The number of rotatable bonds is 5. The standard InChI is InChI=1S/C17H16Cl2N4/c1-12-14(11-21-10-13-5-4-8-20-9-13)17(19)23(22-12)16-7-3-2-6-15(16)18/h2-9,21H,10-11H2,1H3. The molecular formula is C17H16Cl2N4. The summed E-state index contributed by atoms with van der Waals surface area (Å²) in [6, 6.07) is 11.5. The second-order valence-electron chi connectivity index (χ2n) is 5.18. The highest BCUT2D eigenvalue weighted by Gasteiger charge is 2.15. The molecule has 0 saturated heterocycles. The molecule has 0 aliphatic rings. The molecule has 1 N–H and O–H groups in total. The first-order chi connectivity index (χ1) is 11.2. The Kier molecular flexibility index (Phi) is 4.96. The van der Waals surface area contributed by atoms with E-state index in [4.69, 9.17) is 23.2 Å². The average Bonchev–Trinajstić information content (AvgIpc) is 2.84. The van der Waals surface area contributed by atoms with Crippen molar-refractivity contribution in [3.63, 3.8) is 0 Å². The van der Waals surface area contributed by atoms with Crippen molar-refractivity contribution < 1.29 is 0 Å². The van der Waals surface area contributed by atoms with Crippen molar-refractivity contribution in [2.24, 2.45) is 0 Å². The minimum absolute atomic E-state index is 0.578. The van der Waals surface area contributed by atoms with Crippen LogP contribution in [0.15, 0.2) is 48.8 Å². The van der Waals surface area contributed by atoms with Crippen LogP contribution < -0.4 is 5.32 Å². The molecule has 0 amide bonds. The van der Waals surface area contributed by atoms with Crippen molar-refractivity contribution in [3.8, 4) is 5.69 Å². The van der Waals surface area contributed by atoms with Gasteiger partial charge in [-0.1, -0.05) is 41.4 Å². The number of para-hydroxylation sites is 1. The van der Waals surface area contributed by atoms with E-state index in [0.29, 0.717) is 16.7 Å². The third kappa shape index (κ3) is 3.55. The molecule has 2 heterocycles. The van der Waals surface area contributed by atoms with Gasteiger partial charge in [-0.3, -0.25) is 4.98 Å². The van der Waals surface area contributed by atoms with Gasteiger partial charge >= 0.3 is 0 Å². The fourth-order valence-corrected chi connectivity index (χ4v) is 2.90. The lowest BCUT2D eigenvalue weighted by Crippen LogP contribution is -2.13. The van der Waals surface area contributed by atoms with Crippen LogP contribution in [0.4, 0.5) is 0 Å². The molecule has 0 radical (unpaired) electrons. The van der Waals surface area contributed by atoms with E-state index in [-0.39, 0.29) is 0 Å². The van der Waals surface area contributed by atoms with E-state index in [1.54, 1.807) is 10.9 Å². The van der Waals surface area contributed by atoms with Gasteiger partial charge in [-0.2, -0.15) is 5.10 Å². The lowest BCUT2D eigenvalue weighted by Gasteiger charge is -2.07. The molecule has 4 nitrogen and oxygen atoms in total. The van der Waals surface area contributed by atoms with Gasteiger partial charge in [-0.15, -0.1) is 0 Å². The van der Waals surface area contributed by atoms with Crippen molar-refractivity contribution in [3.05, 3.63) is 75.8 Å². The molecule has 3 rings (SSSR count). The smallest absolute Gasteiger partial charge is 0.137 e. The number of aromatic nitrogens is 3. The molecular weight excluding hydrogens is 331 g/mol. The number of aryl methyl sites for hydroxylation is 1. The van der Waals surface area contributed by atoms with Crippen molar-refractivity contribution in [1.82, 2.24) is 20.1 Å². The number of benzene rings is 1. The quantitative estimate of drug-likeness (QED) is 0.753. The zero-order chi connectivity index (χ0) is 16.2. The van der Waals surface area contributed by atoms with Gasteiger partial charge in [0.1, 0.15) is 5.15 Å². The summed E-state index contributed by atoms with van der Waals surface area (Å²) in [6.07, 6.45) is 3.60. The normalized spacial score (nSPS) is 10.9. The summed E-state index contributed by atoms with van der Waals surface area (Å²) >= 11 is 12.7. The Balaban J connectivity index is 1.77. The first-order valence-corrected chi connectivity index (χ1v) is 8.01. The van der Waals surface area contributed by atoms with Gasteiger partial charge in [-0.25, -0.2) is 4.68 Å².